The van der Waals surface area contributed by atoms with Crippen LogP contribution in [-0.2, 0) is 0 Å². The predicted molar refractivity (Wildman–Crippen MR) is 212 cm³/mol. The number of rotatable bonds is 3. The Kier molecular flexibility index (Phi) is 7.17. The van der Waals surface area contributed by atoms with Gasteiger partial charge in [-0.3, -0.25) is 0 Å². The van der Waals surface area contributed by atoms with E-state index in [1.165, 1.54) is 60.2 Å². The van der Waals surface area contributed by atoms with Gasteiger partial charge in [-0.2, -0.15) is 0 Å². The zero-order chi connectivity index (χ0) is 30.2. The molecule has 6 rings (SSSR count). The van der Waals surface area contributed by atoms with E-state index in [0.717, 1.165) is 50.3 Å². The Labute approximate surface area is 261 Å². The minimum atomic E-state index is 0.678. The molecule has 6 aromatic rings. The zero-order valence-electron chi connectivity index (χ0n) is 26.2. The summed E-state index contributed by atoms with van der Waals surface area (Å²) in [6.07, 6.45) is 0. The lowest BCUT2D eigenvalue weighted by Crippen LogP contribution is -2.55. The van der Waals surface area contributed by atoms with Gasteiger partial charge in [0.05, 0.1) is 11.4 Å². The van der Waals surface area contributed by atoms with Gasteiger partial charge in [0.1, 0.15) is 89.6 Å². The molecule has 192 valence electrons. The third-order valence-electron chi connectivity index (χ3n) is 9.94. The largest absolute Gasteiger partial charge is 0.456 e. The molecule has 0 aliphatic carbocycles. The number of hydrogen-bond acceptors (Lipinski definition) is 3. The van der Waals surface area contributed by atoms with Crippen molar-refractivity contribution in [3.63, 3.8) is 0 Å². The molecule has 0 bridgehead atoms. The van der Waals surface area contributed by atoms with Gasteiger partial charge in [0, 0.05) is 26.9 Å². The van der Waals surface area contributed by atoms with E-state index >= 15 is 0 Å². The predicted octanol–water partition coefficient (Wildman–Crippen LogP) is -9.39. The van der Waals surface area contributed by atoms with E-state index in [-0.39, 0.29) is 0 Å². The molecule has 4 aromatic carbocycles. The molecule has 0 aliphatic heterocycles. The van der Waals surface area contributed by atoms with E-state index in [9.17, 15) is 0 Å². The first-order valence-electron chi connectivity index (χ1n) is 14.6. The van der Waals surface area contributed by atoms with Crippen LogP contribution in [0.1, 0.15) is 0 Å². The van der Waals surface area contributed by atoms with Crippen molar-refractivity contribution in [1.29, 1.82) is 0 Å². The van der Waals surface area contributed by atoms with Crippen LogP contribution in [-0.4, -0.2) is 88.4 Å². The Balaban J connectivity index is 1.76. The minimum absolute atomic E-state index is 0.678. The summed E-state index contributed by atoms with van der Waals surface area (Å²) in [6.45, 7) is 0. The van der Waals surface area contributed by atoms with Gasteiger partial charge in [-0.15, -0.1) is 32.8 Å². The highest BCUT2D eigenvalue weighted by atomic mass is 35.5. The van der Waals surface area contributed by atoms with Gasteiger partial charge in [-0.25, -0.2) is 9.97 Å². The van der Waals surface area contributed by atoms with E-state index in [2.05, 4.69) is 90.6 Å². The highest BCUT2D eigenvalue weighted by Crippen LogP contribution is 2.38. The second-order valence-corrected chi connectivity index (χ2v) is 12.3. The van der Waals surface area contributed by atoms with Crippen molar-refractivity contribution in [2.24, 2.45) is 0 Å². The van der Waals surface area contributed by atoms with Crippen LogP contribution >= 0.6 is 11.6 Å². The summed E-state index contributed by atoms with van der Waals surface area (Å²) in [5, 5.41) is 2.68. The quantitative estimate of drug-likeness (QED) is 0.206. The monoisotopic (exact) mass is 552 g/mol. The summed E-state index contributed by atoms with van der Waals surface area (Å²) < 4.78 is 6.26. The number of hydrogen-bond donors (Lipinski definition) is 0. The maximum absolute atomic E-state index is 6.47. The third-order valence-corrected chi connectivity index (χ3v) is 10.2. The lowest BCUT2D eigenvalue weighted by molar-refractivity contribution is 0.669. The lowest BCUT2D eigenvalue weighted by atomic mass is 9.60. The van der Waals surface area contributed by atoms with Crippen LogP contribution in [0.25, 0.3) is 55.8 Å². The molecule has 0 amide bonds. The first-order chi connectivity index (χ1) is 19.9. The maximum Gasteiger partial charge on any atom is 0.159 e. The van der Waals surface area contributed by atoms with Crippen LogP contribution in [0.4, 0.5) is 0 Å². The molecule has 2 aromatic heterocycles. The fraction of sp³-hybridized carbons (Fsp3) is 0. The number of nitrogens with zero attached hydrogens (tertiary/aromatic N) is 2. The van der Waals surface area contributed by atoms with Crippen LogP contribution in [0.3, 0.4) is 0 Å². The minimum Gasteiger partial charge on any atom is -0.456 e. The van der Waals surface area contributed by atoms with Crippen molar-refractivity contribution >= 4 is 167 Å². The summed E-state index contributed by atoms with van der Waals surface area (Å²) in [4.78, 5) is 10.7. The van der Waals surface area contributed by atoms with Crippen molar-refractivity contribution in [3.05, 3.63) is 47.5 Å². The second kappa shape index (κ2) is 10.5. The summed E-state index contributed by atoms with van der Waals surface area (Å²) >= 11 is 6.47. The molecule has 0 saturated carbocycles. The number of fused-ring (bicyclic) bond motifs is 3. The molecule has 42 heavy (non-hydrogen) atoms. The molecule has 0 unspecified atom stereocenters. The third kappa shape index (κ3) is 4.35. The van der Waals surface area contributed by atoms with Crippen LogP contribution in [0.2, 0.25) is 5.02 Å². The zero-order valence-corrected chi connectivity index (χ0v) is 27.0. The molecule has 2 heterocycles. The Hall–Kier alpha value is -3.30. The lowest BCUT2D eigenvalue weighted by Gasteiger charge is -2.22. The number of halogens is 1. The molecule has 0 radical (unpaired) electrons. The van der Waals surface area contributed by atoms with Gasteiger partial charge in [0.25, 0.3) is 0 Å². The van der Waals surface area contributed by atoms with Gasteiger partial charge < -0.3 is 4.42 Å². The maximum atomic E-state index is 6.47. The van der Waals surface area contributed by atoms with E-state index < -0.39 is 0 Å². The van der Waals surface area contributed by atoms with Gasteiger partial charge in [-0.1, -0.05) is 45.6 Å². The van der Waals surface area contributed by atoms with Crippen molar-refractivity contribution in [2.75, 3.05) is 0 Å². The van der Waals surface area contributed by atoms with E-state index in [1.807, 2.05) is 30.3 Å². The highest BCUT2D eigenvalue weighted by molar-refractivity contribution is 6.70. The van der Waals surface area contributed by atoms with Crippen molar-refractivity contribution in [3.8, 4) is 33.9 Å². The van der Waals surface area contributed by atoms with Gasteiger partial charge >= 0.3 is 0 Å². The van der Waals surface area contributed by atoms with Gasteiger partial charge in [-0.05, 0) is 35.9 Å². The molecular weight excluding hydrogens is 524 g/mol. The average Bonchev–Trinajstić information content (AvgIpc) is 3.35. The molecule has 0 aliphatic rings. The average molecular weight is 551 g/mol. The Morgan fingerprint density at radius 2 is 1.05 bits per heavy atom. The number of furan rings is 1. The molecule has 0 N–H and O–H groups in total. The van der Waals surface area contributed by atoms with Crippen molar-refractivity contribution in [2.45, 2.75) is 0 Å². The summed E-state index contributed by atoms with van der Waals surface area (Å²) in [7, 11) is 22.1. The molecule has 0 saturated heterocycles. The Morgan fingerprint density at radius 3 is 1.64 bits per heavy atom. The first kappa shape index (κ1) is 28.8. The van der Waals surface area contributed by atoms with Crippen LogP contribution in [0, 0.1) is 0 Å². The molecule has 0 atom stereocenters. The van der Waals surface area contributed by atoms with E-state index in [1.54, 1.807) is 0 Å². The van der Waals surface area contributed by atoms with Crippen LogP contribution < -0.4 is 54.6 Å². The molecule has 3 nitrogen and oxygen atoms in total. The number of benzene rings is 4. The fourth-order valence-corrected chi connectivity index (χ4v) is 6.73. The van der Waals surface area contributed by atoms with Gasteiger partial charge in [0.2, 0.25) is 0 Å². The van der Waals surface area contributed by atoms with Crippen molar-refractivity contribution in [1.82, 2.24) is 9.97 Å². The molecule has 0 fully saturated rings. The van der Waals surface area contributed by atoms with E-state index in [4.69, 9.17) is 26.0 Å². The standard InChI is InChI=1S/C28H27B10ClN2O/c29-18-16(19(30)23(34)26(37)22(18)33)12-7-11(40-28(41-12)17-20(31)24(35)27(38)25(36)21(17)32)9-2-1-3-14-15(9)10-6-8(39)4-5-13(10)42-14/h1-7H,29-38H2. The van der Waals surface area contributed by atoms with E-state index in [0.29, 0.717) is 5.02 Å². The summed E-state index contributed by atoms with van der Waals surface area (Å²) in [5.74, 6) is 0.751. The molecule has 0 spiro atoms. The van der Waals surface area contributed by atoms with Gasteiger partial charge in [0.15, 0.2) is 5.82 Å². The smallest absolute Gasteiger partial charge is 0.159 e. The Bertz CT molecular complexity index is 1980. The molecule has 14 heteroatoms. The number of aromatic nitrogens is 2. The molecular formula is C28H27B10ClN2O. The highest BCUT2D eigenvalue weighted by Gasteiger charge is 2.22. The second-order valence-electron chi connectivity index (χ2n) is 11.9. The van der Waals surface area contributed by atoms with Crippen molar-refractivity contribution < 1.29 is 4.42 Å². The SMILES string of the molecule is Bc1c(B)c(B)c(-c2cc(-c3cccc4oc5ccc(Cl)cc5c34)nc(-c3c(B)c(B)c(B)c(B)c3B)n2)c(B)c1B. The topological polar surface area (TPSA) is 38.9 Å². The summed E-state index contributed by atoms with van der Waals surface area (Å²) in [5.41, 5.74) is 19.6. The first-order valence-corrected chi connectivity index (χ1v) is 14.9. The normalized spacial score (nSPS) is 11.5. The fourth-order valence-electron chi connectivity index (χ4n) is 6.56. The Morgan fingerprint density at radius 1 is 0.524 bits per heavy atom. The van der Waals surface area contributed by atoms with Crippen LogP contribution in [0.5, 0.6) is 0 Å². The van der Waals surface area contributed by atoms with Crippen LogP contribution in [0.15, 0.2) is 46.9 Å². The summed E-state index contributed by atoms with van der Waals surface area (Å²) in [6, 6.07) is 14.1.